The van der Waals surface area contributed by atoms with E-state index in [9.17, 15) is 4.79 Å². The molecule has 0 fully saturated rings. The van der Waals surface area contributed by atoms with E-state index in [-0.39, 0.29) is 18.8 Å². The van der Waals surface area contributed by atoms with Crippen molar-refractivity contribution in [2.45, 2.75) is 83.8 Å². The number of carboxylic acids is 1. The van der Waals surface area contributed by atoms with Gasteiger partial charge in [0.15, 0.2) is 6.29 Å². The molecule has 3 N–H and O–H groups in total. The van der Waals surface area contributed by atoms with Crippen LogP contribution in [-0.2, 0) is 4.79 Å². The molecule has 4 heteroatoms. The molecule has 0 amide bonds. The van der Waals surface area contributed by atoms with Crippen molar-refractivity contribution in [2.75, 3.05) is 0 Å². The van der Waals surface area contributed by atoms with Gasteiger partial charge in [-0.25, -0.2) is 0 Å². The van der Waals surface area contributed by atoms with Gasteiger partial charge in [0, 0.05) is 6.42 Å². The van der Waals surface area contributed by atoms with Crippen molar-refractivity contribution < 1.29 is 20.1 Å². The van der Waals surface area contributed by atoms with Crippen LogP contribution in [0.1, 0.15) is 77.6 Å². The van der Waals surface area contributed by atoms with Crippen LogP contribution in [0.2, 0.25) is 0 Å². The monoisotopic (exact) mass is 274 g/mol. The summed E-state index contributed by atoms with van der Waals surface area (Å²) >= 11 is 0. The first-order chi connectivity index (χ1) is 9.06. The Balaban J connectivity index is 3.64. The zero-order valence-electron chi connectivity index (χ0n) is 12.2. The number of hydrogen-bond acceptors (Lipinski definition) is 3. The Kier molecular flexibility index (Phi) is 12.0. The van der Waals surface area contributed by atoms with E-state index in [1.807, 2.05) is 0 Å². The van der Waals surface area contributed by atoms with Crippen LogP contribution in [0.15, 0.2) is 0 Å². The number of aliphatic carboxylic acids is 1. The highest BCUT2D eigenvalue weighted by Crippen LogP contribution is 2.20. The van der Waals surface area contributed by atoms with E-state index < -0.39 is 12.3 Å². The lowest BCUT2D eigenvalue weighted by molar-refractivity contribution is -0.138. The van der Waals surface area contributed by atoms with Crippen molar-refractivity contribution in [1.82, 2.24) is 0 Å². The molecule has 0 aromatic rings. The Morgan fingerprint density at radius 2 is 1.47 bits per heavy atom. The fourth-order valence-electron chi connectivity index (χ4n) is 2.37. The molecular weight excluding hydrogens is 244 g/mol. The molecule has 0 saturated carbocycles. The van der Waals surface area contributed by atoms with E-state index in [4.69, 9.17) is 15.3 Å². The van der Waals surface area contributed by atoms with Gasteiger partial charge in [0.2, 0.25) is 0 Å². The molecule has 0 spiro atoms. The Morgan fingerprint density at radius 1 is 0.895 bits per heavy atom. The first-order valence-corrected chi connectivity index (χ1v) is 7.64. The second-order valence-electron chi connectivity index (χ2n) is 5.43. The maximum Gasteiger partial charge on any atom is 0.303 e. The minimum atomic E-state index is -1.31. The largest absolute Gasteiger partial charge is 0.481 e. The average molecular weight is 274 g/mol. The van der Waals surface area contributed by atoms with Gasteiger partial charge in [-0.1, -0.05) is 51.9 Å². The number of aliphatic hydroxyl groups is 2. The molecule has 0 aromatic heterocycles. The molecule has 0 aromatic carbocycles. The zero-order valence-corrected chi connectivity index (χ0v) is 12.2. The molecule has 0 bridgehead atoms. The van der Waals surface area contributed by atoms with Crippen molar-refractivity contribution in [3.63, 3.8) is 0 Å². The van der Waals surface area contributed by atoms with Crippen LogP contribution in [0.3, 0.4) is 0 Å². The van der Waals surface area contributed by atoms with E-state index in [0.717, 1.165) is 19.3 Å². The second-order valence-corrected chi connectivity index (χ2v) is 5.43. The van der Waals surface area contributed by atoms with Crippen LogP contribution in [0.5, 0.6) is 0 Å². The van der Waals surface area contributed by atoms with Gasteiger partial charge in [-0.15, -0.1) is 0 Å². The van der Waals surface area contributed by atoms with Gasteiger partial charge in [-0.05, 0) is 25.2 Å². The standard InChI is InChI=1S/C15H30O4/c1-2-3-4-5-6-7-8-9-13(12-15(18)19)10-11-14(16)17/h13-14,16-17H,2-12H2,1H3,(H,18,19). The lowest BCUT2D eigenvalue weighted by atomic mass is 9.92. The summed E-state index contributed by atoms with van der Waals surface area (Å²) in [5.74, 6) is -0.713. The summed E-state index contributed by atoms with van der Waals surface area (Å²) in [5.41, 5.74) is 0. The molecule has 114 valence electrons. The molecule has 1 atom stereocenters. The smallest absolute Gasteiger partial charge is 0.303 e. The molecule has 4 nitrogen and oxygen atoms in total. The van der Waals surface area contributed by atoms with Gasteiger partial charge < -0.3 is 15.3 Å². The van der Waals surface area contributed by atoms with Crippen LogP contribution < -0.4 is 0 Å². The second kappa shape index (κ2) is 12.4. The van der Waals surface area contributed by atoms with Crippen LogP contribution in [0, 0.1) is 5.92 Å². The lowest BCUT2D eigenvalue weighted by Crippen LogP contribution is -2.12. The summed E-state index contributed by atoms with van der Waals surface area (Å²) in [5, 5.41) is 26.5. The number of aliphatic hydroxyl groups excluding tert-OH is 1. The highest BCUT2D eigenvalue weighted by molar-refractivity contribution is 5.66. The number of carbonyl (C=O) groups is 1. The molecule has 1 unspecified atom stereocenters. The highest BCUT2D eigenvalue weighted by atomic mass is 16.5. The van der Waals surface area contributed by atoms with E-state index >= 15 is 0 Å². The van der Waals surface area contributed by atoms with Gasteiger partial charge in [0.25, 0.3) is 0 Å². The molecule has 0 aliphatic rings. The molecule has 0 aliphatic carbocycles. The van der Waals surface area contributed by atoms with Gasteiger partial charge in [-0.3, -0.25) is 4.79 Å². The lowest BCUT2D eigenvalue weighted by Gasteiger charge is -2.15. The van der Waals surface area contributed by atoms with Crippen LogP contribution in [0.25, 0.3) is 0 Å². The van der Waals surface area contributed by atoms with Crippen molar-refractivity contribution in [3.8, 4) is 0 Å². The van der Waals surface area contributed by atoms with Crippen molar-refractivity contribution >= 4 is 5.97 Å². The minimum Gasteiger partial charge on any atom is -0.481 e. The fraction of sp³-hybridized carbons (Fsp3) is 0.933. The maximum atomic E-state index is 10.7. The van der Waals surface area contributed by atoms with Gasteiger partial charge in [-0.2, -0.15) is 0 Å². The van der Waals surface area contributed by atoms with E-state index in [1.165, 1.54) is 32.1 Å². The predicted octanol–water partition coefficient (Wildman–Crippen LogP) is 3.31. The average Bonchev–Trinajstić information content (AvgIpc) is 2.33. The van der Waals surface area contributed by atoms with Gasteiger partial charge in [0.1, 0.15) is 0 Å². The topological polar surface area (TPSA) is 77.8 Å². The third-order valence-corrected chi connectivity index (χ3v) is 3.51. The summed E-state index contributed by atoms with van der Waals surface area (Å²) in [6.45, 7) is 2.20. The summed E-state index contributed by atoms with van der Waals surface area (Å²) in [7, 11) is 0. The Labute approximate surface area is 116 Å². The number of hydrogen-bond donors (Lipinski definition) is 3. The normalized spacial score (nSPS) is 12.8. The maximum absolute atomic E-state index is 10.7. The summed E-state index contributed by atoms with van der Waals surface area (Å²) in [4.78, 5) is 10.7. The first kappa shape index (κ1) is 18.4. The van der Waals surface area contributed by atoms with Crippen LogP contribution in [0.4, 0.5) is 0 Å². The van der Waals surface area contributed by atoms with Crippen LogP contribution >= 0.6 is 0 Å². The molecule has 0 rings (SSSR count). The number of unbranched alkanes of at least 4 members (excludes halogenated alkanes) is 6. The molecular formula is C15H30O4. The molecule has 19 heavy (non-hydrogen) atoms. The highest BCUT2D eigenvalue weighted by Gasteiger charge is 2.14. The predicted molar refractivity (Wildman–Crippen MR) is 75.8 cm³/mol. The van der Waals surface area contributed by atoms with Crippen LogP contribution in [-0.4, -0.2) is 27.6 Å². The Bertz CT molecular complexity index is 216. The van der Waals surface area contributed by atoms with Crippen molar-refractivity contribution in [1.29, 1.82) is 0 Å². The molecule has 0 heterocycles. The Hall–Kier alpha value is -0.610. The van der Waals surface area contributed by atoms with Gasteiger partial charge in [0.05, 0.1) is 0 Å². The SMILES string of the molecule is CCCCCCCCCC(CCC(O)O)CC(=O)O. The third kappa shape index (κ3) is 13.6. The van der Waals surface area contributed by atoms with E-state index in [0.29, 0.717) is 6.42 Å². The number of rotatable bonds is 13. The zero-order chi connectivity index (χ0) is 14.5. The third-order valence-electron chi connectivity index (χ3n) is 3.51. The minimum absolute atomic E-state index is 0.0786. The molecule has 0 aliphatic heterocycles. The van der Waals surface area contributed by atoms with E-state index in [1.54, 1.807) is 0 Å². The quantitative estimate of drug-likeness (QED) is 0.356. The Morgan fingerprint density at radius 3 is 2.00 bits per heavy atom. The van der Waals surface area contributed by atoms with Gasteiger partial charge >= 0.3 is 5.97 Å². The summed E-state index contributed by atoms with van der Waals surface area (Å²) in [6, 6.07) is 0. The number of carboxylic acid groups (broad SMARTS) is 1. The summed E-state index contributed by atoms with van der Waals surface area (Å²) in [6.07, 6.45) is 9.11. The summed E-state index contributed by atoms with van der Waals surface area (Å²) < 4.78 is 0. The fourth-order valence-corrected chi connectivity index (χ4v) is 2.37. The first-order valence-electron chi connectivity index (χ1n) is 7.64. The van der Waals surface area contributed by atoms with Crippen molar-refractivity contribution in [3.05, 3.63) is 0 Å². The van der Waals surface area contributed by atoms with E-state index in [2.05, 4.69) is 6.92 Å². The molecule has 0 saturated heterocycles. The van der Waals surface area contributed by atoms with Crippen molar-refractivity contribution in [2.24, 2.45) is 5.92 Å². The molecule has 0 radical (unpaired) electrons.